The van der Waals surface area contributed by atoms with Crippen molar-refractivity contribution in [1.29, 1.82) is 0 Å². The first kappa shape index (κ1) is 20.7. The molecule has 2 aliphatic rings. The first-order valence-electron chi connectivity index (χ1n) is 9.51. The third-order valence-electron chi connectivity index (χ3n) is 5.41. The topological polar surface area (TPSA) is 63.7 Å². The number of likely N-dealkylation sites (tertiary alicyclic amines) is 1. The van der Waals surface area contributed by atoms with Gasteiger partial charge in [-0.2, -0.15) is 4.98 Å². The average Bonchev–Trinajstić information content (AvgIpc) is 3.23. The summed E-state index contributed by atoms with van der Waals surface area (Å²) < 4.78 is 51.4. The monoisotopic (exact) mass is 401 g/mol. The van der Waals surface area contributed by atoms with E-state index in [1.54, 1.807) is 0 Å². The predicted octanol–water partition coefficient (Wildman–Crippen LogP) is 2.75. The van der Waals surface area contributed by atoms with Gasteiger partial charge in [-0.05, 0) is 44.8 Å². The van der Waals surface area contributed by atoms with Crippen molar-refractivity contribution in [3.05, 3.63) is 17.4 Å². The normalized spacial score (nSPS) is 24.3. The number of nitrogens with one attached hydrogen (secondary N) is 1. The smallest absolute Gasteiger partial charge is 0.253 e. The van der Waals surface area contributed by atoms with E-state index in [0.717, 1.165) is 19.4 Å². The minimum atomic E-state index is -2.67. The minimum Gasteiger partial charge on any atom is -0.481 e. The highest BCUT2D eigenvalue weighted by Gasteiger charge is 2.39. The molecule has 6 nitrogen and oxygen atoms in total. The van der Waals surface area contributed by atoms with Crippen molar-refractivity contribution in [2.24, 2.45) is 5.92 Å². The van der Waals surface area contributed by atoms with Crippen LogP contribution in [0.2, 0.25) is 0 Å². The Balaban J connectivity index is 1.60. The highest BCUT2D eigenvalue weighted by atomic mass is 19.3. The number of hydrogen-bond acceptors (Lipinski definition) is 5. The van der Waals surface area contributed by atoms with E-state index in [1.165, 1.54) is 13.2 Å². The Labute approximate surface area is 162 Å². The summed E-state index contributed by atoms with van der Waals surface area (Å²) in [6, 6.07) is 1.01. The second kappa shape index (κ2) is 8.55. The largest absolute Gasteiger partial charge is 0.481 e. The number of ether oxygens (including phenoxy) is 2. The van der Waals surface area contributed by atoms with E-state index in [-0.39, 0.29) is 55.6 Å². The van der Waals surface area contributed by atoms with Crippen LogP contribution >= 0.6 is 0 Å². The Bertz CT molecular complexity index is 717. The van der Waals surface area contributed by atoms with E-state index in [9.17, 15) is 18.0 Å². The van der Waals surface area contributed by atoms with Gasteiger partial charge < -0.3 is 14.8 Å². The van der Waals surface area contributed by atoms with E-state index in [2.05, 4.69) is 10.3 Å². The zero-order valence-corrected chi connectivity index (χ0v) is 16.1. The summed E-state index contributed by atoms with van der Waals surface area (Å²) in [4.78, 5) is 18.3. The zero-order valence-electron chi connectivity index (χ0n) is 16.1. The fraction of sp³-hybridized carbons (Fsp3) is 0.684. The van der Waals surface area contributed by atoms with Crippen LogP contribution in [-0.2, 0) is 11.3 Å². The third kappa shape index (κ3) is 4.87. The van der Waals surface area contributed by atoms with Gasteiger partial charge in [0.25, 0.3) is 5.88 Å². The van der Waals surface area contributed by atoms with Gasteiger partial charge in [-0.15, -0.1) is 0 Å². The maximum Gasteiger partial charge on any atom is 0.253 e. The number of carbonyl (C=O) groups excluding carboxylic acids is 1. The van der Waals surface area contributed by atoms with Crippen LogP contribution in [0.5, 0.6) is 11.8 Å². The van der Waals surface area contributed by atoms with Gasteiger partial charge in [0.05, 0.1) is 19.8 Å². The number of nitrogens with zero attached hydrogens (tertiary/aromatic N) is 2. The molecule has 0 radical (unpaired) electrons. The Morgan fingerprint density at radius 1 is 1.39 bits per heavy atom. The highest BCUT2D eigenvalue weighted by molar-refractivity contribution is 5.82. The molecule has 2 heterocycles. The first-order valence-corrected chi connectivity index (χ1v) is 9.51. The van der Waals surface area contributed by atoms with Crippen molar-refractivity contribution in [1.82, 2.24) is 15.2 Å². The molecule has 1 saturated heterocycles. The molecule has 28 heavy (non-hydrogen) atoms. The number of alkyl halides is 2. The van der Waals surface area contributed by atoms with Crippen LogP contribution < -0.4 is 14.8 Å². The van der Waals surface area contributed by atoms with Crippen LogP contribution in [0.3, 0.4) is 0 Å². The highest BCUT2D eigenvalue weighted by Crippen LogP contribution is 2.39. The molecule has 1 aliphatic carbocycles. The van der Waals surface area contributed by atoms with Crippen LogP contribution in [0, 0.1) is 11.7 Å². The summed E-state index contributed by atoms with van der Waals surface area (Å²) in [6.45, 7) is 0.925. The second-order valence-corrected chi connectivity index (χ2v) is 7.58. The SMILES string of the molecule is COc1nc(OC[C@@H]2CCC(F)(F)C2)c(F)cc1CNC(=O)[C@@H]1CCCN1C. The molecule has 0 aromatic carbocycles. The summed E-state index contributed by atoms with van der Waals surface area (Å²) in [5.74, 6) is -3.99. The Hall–Kier alpha value is -2.03. The second-order valence-electron chi connectivity index (χ2n) is 7.58. The molecule has 0 spiro atoms. The lowest BCUT2D eigenvalue weighted by molar-refractivity contribution is -0.125. The average molecular weight is 401 g/mol. The van der Waals surface area contributed by atoms with Crippen molar-refractivity contribution in [3.63, 3.8) is 0 Å². The van der Waals surface area contributed by atoms with E-state index in [4.69, 9.17) is 9.47 Å². The van der Waals surface area contributed by atoms with Gasteiger partial charge in [-0.3, -0.25) is 9.69 Å². The lowest BCUT2D eigenvalue weighted by Gasteiger charge is -2.19. The van der Waals surface area contributed by atoms with Crippen LogP contribution in [-0.4, -0.2) is 55.1 Å². The number of aromatic nitrogens is 1. The maximum atomic E-state index is 14.4. The molecule has 156 valence electrons. The zero-order chi connectivity index (χ0) is 20.3. The van der Waals surface area contributed by atoms with Gasteiger partial charge >= 0.3 is 0 Å². The molecule has 9 heteroatoms. The van der Waals surface area contributed by atoms with Crippen LogP contribution in [0.15, 0.2) is 6.07 Å². The van der Waals surface area contributed by atoms with Crippen LogP contribution in [0.25, 0.3) is 0 Å². The lowest BCUT2D eigenvalue weighted by atomic mass is 10.1. The number of pyridine rings is 1. The van der Waals surface area contributed by atoms with Gasteiger partial charge in [0.15, 0.2) is 5.82 Å². The number of hydrogen-bond donors (Lipinski definition) is 1. The van der Waals surface area contributed by atoms with Gasteiger partial charge in [-0.1, -0.05) is 0 Å². The minimum absolute atomic E-state index is 0.0211. The summed E-state index contributed by atoms with van der Waals surface area (Å²) >= 11 is 0. The Kier molecular flexibility index (Phi) is 6.32. The van der Waals surface area contributed by atoms with Crippen LogP contribution in [0.4, 0.5) is 13.2 Å². The Morgan fingerprint density at radius 2 is 2.18 bits per heavy atom. The van der Waals surface area contributed by atoms with Crippen molar-refractivity contribution in [2.75, 3.05) is 27.3 Å². The van der Waals surface area contributed by atoms with Crippen molar-refractivity contribution >= 4 is 5.91 Å². The molecule has 1 N–H and O–H groups in total. The number of amides is 1. The molecule has 2 fully saturated rings. The summed E-state index contributed by atoms with van der Waals surface area (Å²) in [7, 11) is 3.28. The van der Waals surface area contributed by atoms with Crippen molar-refractivity contribution in [2.45, 2.75) is 50.6 Å². The third-order valence-corrected chi connectivity index (χ3v) is 5.41. The predicted molar refractivity (Wildman–Crippen MR) is 96.0 cm³/mol. The van der Waals surface area contributed by atoms with Gasteiger partial charge in [0.1, 0.15) is 0 Å². The molecule has 0 unspecified atom stereocenters. The molecule has 1 aromatic rings. The molecule has 1 amide bonds. The first-order chi connectivity index (χ1) is 13.3. The van der Waals surface area contributed by atoms with E-state index < -0.39 is 11.7 Å². The maximum absolute atomic E-state index is 14.4. The number of halogens is 3. The summed E-state index contributed by atoms with van der Waals surface area (Å²) in [6.07, 6.45) is 1.66. The lowest BCUT2D eigenvalue weighted by Crippen LogP contribution is -2.41. The molecule has 1 aromatic heterocycles. The number of rotatable bonds is 7. The Morgan fingerprint density at radius 3 is 2.79 bits per heavy atom. The molecule has 3 rings (SSSR count). The van der Waals surface area contributed by atoms with Gasteiger partial charge in [0, 0.05) is 24.9 Å². The quantitative estimate of drug-likeness (QED) is 0.761. The fourth-order valence-electron chi connectivity index (χ4n) is 3.82. The number of carbonyl (C=O) groups is 1. The summed E-state index contributed by atoms with van der Waals surface area (Å²) in [5.41, 5.74) is 0.383. The molecular weight excluding hydrogens is 375 g/mol. The fourth-order valence-corrected chi connectivity index (χ4v) is 3.82. The standard InChI is InChI=1S/C19H26F3N3O3/c1-25-7-3-4-15(25)16(26)23-10-13-8-14(20)18(24-17(13)27-2)28-11-12-5-6-19(21,22)9-12/h8,12,15H,3-7,9-11H2,1-2H3,(H,23,26)/t12-,15+/m1/s1. The summed E-state index contributed by atoms with van der Waals surface area (Å²) in [5, 5.41) is 2.79. The van der Waals surface area contributed by atoms with E-state index >= 15 is 0 Å². The van der Waals surface area contributed by atoms with Crippen molar-refractivity contribution < 1.29 is 27.4 Å². The number of methoxy groups -OCH3 is 1. The molecule has 1 aliphatic heterocycles. The van der Waals surface area contributed by atoms with Crippen molar-refractivity contribution in [3.8, 4) is 11.8 Å². The van der Waals surface area contributed by atoms with E-state index in [1.807, 2.05) is 11.9 Å². The van der Waals surface area contributed by atoms with Gasteiger partial charge in [-0.25, -0.2) is 13.2 Å². The molecular formula is C19H26F3N3O3. The van der Waals surface area contributed by atoms with Gasteiger partial charge in [0.2, 0.25) is 17.7 Å². The van der Waals surface area contributed by atoms with E-state index in [0.29, 0.717) is 12.0 Å². The van der Waals surface area contributed by atoms with Crippen LogP contribution in [0.1, 0.15) is 37.7 Å². The molecule has 2 atom stereocenters. The molecule has 0 bridgehead atoms. The molecule has 1 saturated carbocycles. The number of likely N-dealkylation sites (N-methyl/N-ethyl adjacent to an activating group) is 1.